The van der Waals surface area contributed by atoms with E-state index >= 15 is 0 Å². The standard InChI is InChI=1S/C13H28O2/c1-3-5-6-7-8-9-10-11-13(15)12(14)4-2/h12-15H,3-11H2,1-2H3. The number of rotatable bonds is 10. The molecule has 0 amide bonds. The molecule has 2 atom stereocenters. The molecule has 0 heterocycles. The van der Waals surface area contributed by atoms with Gasteiger partial charge in [0.05, 0.1) is 12.2 Å². The Labute approximate surface area is 94.7 Å². The van der Waals surface area contributed by atoms with Crippen LogP contribution in [0.15, 0.2) is 0 Å². The highest BCUT2D eigenvalue weighted by Gasteiger charge is 2.12. The number of aliphatic hydroxyl groups is 2. The predicted octanol–water partition coefficient (Wildman–Crippen LogP) is 3.26. The lowest BCUT2D eigenvalue weighted by molar-refractivity contribution is 0.0114. The van der Waals surface area contributed by atoms with Gasteiger partial charge in [-0.15, -0.1) is 0 Å². The first kappa shape index (κ1) is 14.9. The van der Waals surface area contributed by atoms with Crippen molar-refractivity contribution in [1.29, 1.82) is 0 Å². The van der Waals surface area contributed by atoms with Crippen molar-refractivity contribution in [3.63, 3.8) is 0 Å². The summed E-state index contributed by atoms with van der Waals surface area (Å²) in [6.45, 7) is 4.13. The zero-order valence-electron chi connectivity index (χ0n) is 10.4. The highest BCUT2D eigenvalue weighted by molar-refractivity contribution is 4.65. The monoisotopic (exact) mass is 216 g/mol. The third-order valence-electron chi connectivity index (χ3n) is 2.97. The molecule has 0 saturated carbocycles. The molecule has 92 valence electrons. The molecule has 0 aliphatic rings. The van der Waals surface area contributed by atoms with Crippen molar-refractivity contribution >= 4 is 0 Å². The van der Waals surface area contributed by atoms with Crippen molar-refractivity contribution < 1.29 is 10.2 Å². The number of hydrogen-bond acceptors (Lipinski definition) is 2. The molecule has 2 heteroatoms. The van der Waals surface area contributed by atoms with Crippen LogP contribution in [0.5, 0.6) is 0 Å². The van der Waals surface area contributed by atoms with Gasteiger partial charge in [-0.25, -0.2) is 0 Å². The topological polar surface area (TPSA) is 40.5 Å². The second kappa shape index (κ2) is 10.4. The molecule has 2 nitrogen and oxygen atoms in total. The van der Waals surface area contributed by atoms with E-state index in [2.05, 4.69) is 6.92 Å². The molecule has 15 heavy (non-hydrogen) atoms. The van der Waals surface area contributed by atoms with Gasteiger partial charge in [-0.2, -0.15) is 0 Å². The first-order chi connectivity index (χ1) is 7.22. The minimum Gasteiger partial charge on any atom is -0.390 e. The van der Waals surface area contributed by atoms with Crippen LogP contribution in [0.25, 0.3) is 0 Å². The third-order valence-corrected chi connectivity index (χ3v) is 2.97. The summed E-state index contributed by atoms with van der Waals surface area (Å²) >= 11 is 0. The second-order valence-corrected chi connectivity index (χ2v) is 4.45. The Bertz CT molecular complexity index is 126. The van der Waals surface area contributed by atoms with Gasteiger partial charge in [0.15, 0.2) is 0 Å². The van der Waals surface area contributed by atoms with Crippen LogP contribution < -0.4 is 0 Å². The molecular weight excluding hydrogens is 188 g/mol. The zero-order valence-corrected chi connectivity index (χ0v) is 10.4. The maximum atomic E-state index is 9.51. The van der Waals surface area contributed by atoms with Crippen LogP contribution in [0.3, 0.4) is 0 Å². The van der Waals surface area contributed by atoms with E-state index in [1.165, 1.54) is 38.5 Å². The van der Waals surface area contributed by atoms with Crippen LogP contribution in [-0.4, -0.2) is 22.4 Å². The minimum absolute atomic E-state index is 0.509. The van der Waals surface area contributed by atoms with Crippen molar-refractivity contribution in [2.75, 3.05) is 0 Å². The highest BCUT2D eigenvalue weighted by Crippen LogP contribution is 2.12. The Morgan fingerprint density at radius 2 is 1.27 bits per heavy atom. The van der Waals surface area contributed by atoms with Crippen molar-refractivity contribution in [3.8, 4) is 0 Å². The van der Waals surface area contributed by atoms with Crippen molar-refractivity contribution in [2.24, 2.45) is 0 Å². The summed E-state index contributed by atoms with van der Waals surface area (Å²) in [6, 6.07) is 0. The SMILES string of the molecule is CCCCCCCCCC(O)C(O)CC. The lowest BCUT2D eigenvalue weighted by atomic mass is 10.0. The van der Waals surface area contributed by atoms with E-state index in [0.717, 1.165) is 12.8 Å². The summed E-state index contributed by atoms with van der Waals surface area (Å²) in [5.74, 6) is 0. The average molecular weight is 216 g/mol. The molecule has 0 aromatic heterocycles. The summed E-state index contributed by atoms with van der Waals surface area (Å²) in [7, 11) is 0. The molecular formula is C13H28O2. The van der Waals surface area contributed by atoms with Crippen LogP contribution in [0, 0.1) is 0 Å². The van der Waals surface area contributed by atoms with E-state index in [4.69, 9.17) is 0 Å². The Morgan fingerprint density at radius 1 is 0.733 bits per heavy atom. The molecule has 0 saturated heterocycles. The lowest BCUT2D eigenvalue weighted by Gasteiger charge is -2.15. The quantitative estimate of drug-likeness (QED) is 0.550. The fourth-order valence-corrected chi connectivity index (χ4v) is 1.78. The van der Waals surface area contributed by atoms with E-state index in [-0.39, 0.29) is 0 Å². The number of aliphatic hydroxyl groups excluding tert-OH is 2. The largest absolute Gasteiger partial charge is 0.390 e. The summed E-state index contributed by atoms with van der Waals surface area (Å²) < 4.78 is 0. The van der Waals surface area contributed by atoms with Crippen LogP contribution in [0.1, 0.15) is 71.6 Å². The van der Waals surface area contributed by atoms with Gasteiger partial charge in [0.2, 0.25) is 0 Å². The fraction of sp³-hybridized carbons (Fsp3) is 1.00. The molecule has 2 unspecified atom stereocenters. The fourth-order valence-electron chi connectivity index (χ4n) is 1.78. The molecule has 0 rings (SSSR count). The summed E-state index contributed by atoms with van der Waals surface area (Å²) in [5, 5.41) is 18.9. The van der Waals surface area contributed by atoms with Gasteiger partial charge in [0.25, 0.3) is 0 Å². The third kappa shape index (κ3) is 8.88. The molecule has 0 aromatic carbocycles. The van der Waals surface area contributed by atoms with Crippen LogP contribution in [-0.2, 0) is 0 Å². The van der Waals surface area contributed by atoms with E-state index in [1.54, 1.807) is 0 Å². The molecule has 0 radical (unpaired) electrons. The van der Waals surface area contributed by atoms with Crippen LogP contribution >= 0.6 is 0 Å². The first-order valence-electron chi connectivity index (χ1n) is 6.58. The molecule has 0 fully saturated rings. The van der Waals surface area contributed by atoms with Gasteiger partial charge in [0.1, 0.15) is 0 Å². The van der Waals surface area contributed by atoms with Crippen molar-refractivity contribution in [1.82, 2.24) is 0 Å². The maximum absolute atomic E-state index is 9.51. The highest BCUT2D eigenvalue weighted by atomic mass is 16.3. The average Bonchev–Trinajstić information content (AvgIpc) is 2.26. The zero-order chi connectivity index (χ0) is 11.5. The summed E-state index contributed by atoms with van der Waals surface area (Å²) in [5.41, 5.74) is 0. The van der Waals surface area contributed by atoms with Gasteiger partial charge in [-0.05, 0) is 12.8 Å². The van der Waals surface area contributed by atoms with Gasteiger partial charge < -0.3 is 10.2 Å². The molecule has 0 bridgehead atoms. The van der Waals surface area contributed by atoms with Gasteiger partial charge in [-0.3, -0.25) is 0 Å². The Hall–Kier alpha value is -0.0800. The number of hydrogen-bond donors (Lipinski definition) is 2. The van der Waals surface area contributed by atoms with Gasteiger partial charge in [0, 0.05) is 0 Å². The van der Waals surface area contributed by atoms with E-state index < -0.39 is 12.2 Å². The van der Waals surface area contributed by atoms with Crippen molar-refractivity contribution in [2.45, 2.75) is 83.8 Å². The molecule has 0 aliphatic heterocycles. The molecule has 0 spiro atoms. The summed E-state index contributed by atoms with van der Waals surface area (Å²) in [6.07, 6.45) is 9.18. The Morgan fingerprint density at radius 3 is 1.80 bits per heavy atom. The first-order valence-corrected chi connectivity index (χ1v) is 6.58. The lowest BCUT2D eigenvalue weighted by Crippen LogP contribution is -2.24. The maximum Gasteiger partial charge on any atom is 0.0799 e. The van der Waals surface area contributed by atoms with E-state index in [1.807, 2.05) is 6.92 Å². The Kier molecular flexibility index (Phi) is 10.4. The smallest absolute Gasteiger partial charge is 0.0799 e. The molecule has 0 aliphatic carbocycles. The normalized spacial score (nSPS) is 15.2. The minimum atomic E-state index is -0.523. The Balaban J connectivity index is 3.16. The summed E-state index contributed by atoms with van der Waals surface area (Å²) in [4.78, 5) is 0. The predicted molar refractivity (Wildman–Crippen MR) is 64.9 cm³/mol. The molecule has 0 aromatic rings. The van der Waals surface area contributed by atoms with Gasteiger partial charge in [-0.1, -0.05) is 58.8 Å². The molecule has 2 N–H and O–H groups in total. The van der Waals surface area contributed by atoms with Crippen LogP contribution in [0.4, 0.5) is 0 Å². The van der Waals surface area contributed by atoms with Crippen LogP contribution in [0.2, 0.25) is 0 Å². The van der Waals surface area contributed by atoms with E-state index in [9.17, 15) is 10.2 Å². The number of unbranched alkanes of at least 4 members (excludes halogenated alkanes) is 6. The van der Waals surface area contributed by atoms with Crippen molar-refractivity contribution in [3.05, 3.63) is 0 Å². The van der Waals surface area contributed by atoms with Gasteiger partial charge >= 0.3 is 0 Å². The second-order valence-electron chi connectivity index (χ2n) is 4.45. The van der Waals surface area contributed by atoms with E-state index in [0.29, 0.717) is 6.42 Å².